The molecule has 0 saturated heterocycles. The number of esters is 1. The van der Waals surface area contributed by atoms with E-state index in [-0.39, 0.29) is 18.5 Å². The molecule has 0 aliphatic carbocycles. The van der Waals surface area contributed by atoms with E-state index in [0.29, 0.717) is 19.4 Å². The van der Waals surface area contributed by atoms with Crippen molar-refractivity contribution in [3.05, 3.63) is 36.5 Å². The number of allylic oxidation sites excluding steroid dienone is 5. The van der Waals surface area contributed by atoms with E-state index in [1.807, 2.05) is 6.08 Å². The number of carbonyl (C=O) groups excluding carboxylic acids is 2. The molecule has 6 nitrogen and oxygen atoms in total. The fourth-order valence-electron chi connectivity index (χ4n) is 7.30. The lowest BCUT2D eigenvalue weighted by Crippen LogP contribution is -2.45. The molecule has 6 heteroatoms. The molecule has 2 atom stereocenters. The highest BCUT2D eigenvalue weighted by Gasteiger charge is 2.18. The number of hydrogen-bond acceptors (Lipinski definition) is 5. The zero-order valence-corrected chi connectivity index (χ0v) is 37.8. The standard InChI is InChI=1S/C51H95NO5/c1-3-5-7-9-11-13-15-16-21-25-29-33-37-41-45-51(56)57-46-42-38-34-30-26-22-19-17-18-20-24-28-32-36-40-44-50(55)52-48(47-53)49(54)43-39-35-31-27-23-14-12-10-8-6-4-2/h9,11,15-16,39,43,48-49,53-54H,3-8,10,12-14,17-38,40-42,44-47H2,1-2H3,(H,52,55)/b11-9-,16-15-,43-39+. The third-order valence-electron chi connectivity index (χ3n) is 11.2. The molecule has 0 bridgehead atoms. The summed E-state index contributed by atoms with van der Waals surface area (Å²) in [5.74, 6) is -0.0954. The van der Waals surface area contributed by atoms with E-state index < -0.39 is 12.1 Å². The molecule has 1 amide bonds. The topological polar surface area (TPSA) is 95.9 Å². The Balaban J connectivity index is 3.46. The lowest BCUT2D eigenvalue weighted by molar-refractivity contribution is -0.143. The van der Waals surface area contributed by atoms with Crippen LogP contribution in [0.2, 0.25) is 0 Å². The van der Waals surface area contributed by atoms with Crippen molar-refractivity contribution in [2.45, 2.75) is 264 Å². The minimum absolute atomic E-state index is 0.0160. The van der Waals surface area contributed by atoms with Gasteiger partial charge in [-0.25, -0.2) is 0 Å². The average molecular weight is 802 g/mol. The molecular formula is C51H95NO5. The molecule has 0 aromatic rings. The first-order valence-corrected chi connectivity index (χ1v) is 24.8. The Kier molecular flexibility index (Phi) is 45.2. The van der Waals surface area contributed by atoms with Gasteiger partial charge < -0.3 is 20.3 Å². The van der Waals surface area contributed by atoms with Gasteiger partial charge in [0, 0.05) is 12.8 Å². The smallest absolute Gasteiger partial charge is 0.305 e. The first-order chi connectivity index (χ1) is 28.0. The van der Waals surface area contributed by atoms with E-state index in [1.165, 1.54) is 161 Å². The molecule has 0 saturated carbocycles. The molecule has 0 heterocycles. The SMILES string of the molecule is CCCC/C=C\C/C=C\CCCCCCCC(=O)OCCCCCCCCCCCCCCCCCC(=O)NC(CO)C(O)/C=C/CCCCCCCCCCC. The molecule has 3 N–H and O–H groups in total. The number of ether oxygens (including phenoxy) is 1. The molecule has 0 aromatic carbocycles. The van der Waals surface area contributed by atoms with Gasteiger partial charge in [0.25, 0.3) is 0 Å². The van der Waals surface area contributed by atoms with Gasteiger partial charge >= 0.3 is 5.97 Å². The molecule has 0 rings (SSSR count). The minimum atomic E-state index is -0.849. The fraction of sp³-hybridized carbons (Fsp3) is 0.843. The van der Waals surface area contributed by atoms with Crippen LogP contribution < -0.4 is 5.32 Å². The average Bonchev–Trinajstić information content (AvgIpc) is 3.21. The van der Waals surface area contributed by atoms with Crippen LogP contribution in [0.25, 0.3) is 0 Å². The summed E-state index contributed by atoms with van der Waals surface area (Å²) in [6.07, 6.45) is 55.6. The van der Waals surface area contributed by atoms with E-state index in [0.717, 1.165) is 64.2 Å². The Morgan fingerprint density at radius 3 is 1.39 bits per heavy atom. The molecule has 0 aliphatic heterocycles. The molecule has 0 aliphatic rings. The predicted molar refractivity (Wildman–Crippen MR) is 246 cm³/mol. The maximum absolute atomic E-state index is 12.4. The molecule has 0 radical (unpaired) electrons. The highest BCUT2D eigenvalue weighted by Crippen LogP contribution is 2.15. The summed E-state index contributed by atoms with van der Waals surface area (Å²) in [6.45, 7) is 4.81. The van der Waals surface area contributed by atoms with Gasteiger partial charge in [-0.2, -0.15) is 0 Å². The van der Waals surface area contributed by atoms with E-state index >= 15 is 0 Å². The van der Waals surface area contributed by atoms with Crippen molar-refractivity contribution < 1.29 is 24.5 Å². The summed E-state index contributed by atoms with van der Waals surface area (Å²) in [7, 11) is 0. The number of nitrogens with one attached hydrogen (secondary N) is 1. The summed E-state index contributed by atoms with van der Waals surface area (Å²) in [5, 5.41) is 23.0. The van der Waals surface area contributed by atoms with E-state index in [1.54, 1.807) is 6.08 Å². The van der Waals surface area contributed by atoms with Crippen molar-refractivity contribution in [3.63, 3.8) is 0 Å². The normalized spacial score (nSPS) is 13.0. The van der Waals surface area contributed by atoms with E-state index in [4.69, 9.17) is 4.74 Å². The Hall–Kier alpha value is -1.92. The highest BCUT2D eigenvalue weighted by atomic mass is 16.5. The van der Waals surface area contributed by atoms with Crippen LogP contribution in [0, 0.1) is 0 Å². The third kappa shape index (κ3) is 43.5. The Bertz CT molecular complexity index is 931. The lowest BCUT2D eigenvalue weighted by Gasteiger charge is -2.20. The maximum Gasteiger partial charge on any atom is 0.305 e. The second-order valence-corrected chi connectivity index (χ2v) is 16.8. The molecular weight excluding hydrogens is 707 g/mol. The Morgan fingerprint density at radius 2 is 0.895 bits per heavy atom. The molecule has 0 fully saturated rings. The van der Waals surface area contributed by atoms with E-state index in [2.05, 4.69) is 43.5 Å². The highest BCUT2D eigenvalue weighted by molar-refractivity contribution is 5.76. The Morgan fingerprint density at radius 1 is 0.491 bits per heavy atom. The summed E-state index contributed by atoms with van der Waals surface area (Å²) < 4.78 is 5.45. The van der Waals surface area contributed by atoms with Crippen LogP contribution in [0.5, 0.6) is 0 Å². The van der Waals surface area contributed by atoms with Gasteiger partial charge in [0.15, 0.2) is 0 Å². The molecule has 0 aromatic heterocycles. The second kappa shape index (κ2) is 46.8. The summed E-state index contributed by atoms with van der Waals surface area (Å²) in [4.78, 5) is 24.4. The van der Waals surface area contributed by atoms with Crippen LogP contribution in [-0.2, 0) is 14.3 Å². The van der Waals surface area contributed by atoms with Crippen molar-refractivity contribution in [1.82, 2.24) is 5.32 Å². The summed E-state index contributed by atoms with van der Waals surface area (Å²) in [6, 6.07) is -0.633. The van der Waals surface area contributed by atoms with Crippen LogP contribution >= 0.6 is 0 Å². The van der Waals surface area contributed by atoms with Gasteiger partial charge in [0.1, 0.15) is 0 Å². The van der Waals surface area contributed by atoms with Crippen molar-refractivity contribution in [2.24, 2.45) is 0 Å². The van der Waals surface area contributed by atoms with E-state index in [9.17, 15) is 19.8 Å². The van der Waals surface area contributed by atoms with Crippen LogP contribution in [-0.4, -0.2) is 47.4 Å². The number of aliphatic hydroxyl groups excluding tert-OH is 2. The number of hydrogen-bond donors (Lipinski definition) is 3. The van der Waals surface area contributed by atoms with Gasteiger partial charge in [-0.15, -0.1) is 0 Å². The van der Waals surface area contributed by atoms with Gasteiger partial charge in [-0.1, -0.05) is 217 Å². The Labute approximate surface area is 353 Å². The molecule has 57 heavy (non-hydrogen) atoms. The summed E-state index contributed by atoms with van der Waals surface area (Å²) >= 11 is 0. The van der Waals surface area contributed by atoms with Gasteiger partial charge in [0.05, 0.1) is 25.4 Å². The number of unbranched alkanes of at least 4 members (excludes halogenated alkanes) is 30. The number of amides is 1. The first kappa shape index (κ1) is 55.1. The zero-order chi connectivity index (χ0) is 41.5. The van der Waals surface area contributed by atoms with Crippen molar-refractivity contribution in [3.8, 4) is 0 Å². The quantitative estimate of drug-likeness (QED) is 0.0324. The van der Waals surface area contributed by atoms with Gasteiger partial charge in [-0.05, 0) is 57.8 Å². The van der Waals surface area contributed by atoms with Crippen LogP contribution in [0.15, 0.2) is 36.5 Å². The zero-order valence-electron chi connectivity index (χ0n) is 37.8. The predicted octanol–water partition coefficient (Wildman–Crippen LogP) is 14.5. The largest absolute Gasteiger partial charge is 0.466 e. The maximum atomic E-state index is 12.4. The molecule has 334 valence electrons. The second-order valence-electron chi connectivity index (χ2n) is 16.8. The molecule has 2 unspecified atom stereocenters. The molecule has 0 spiro atoms. The van der Waals surface area contributed by atoms with Crippen LogP contribution in [0.3, 0.4) is 0 Å². The van der Waals surface area contributed by atoms with Gasteiger partial charge in [-0.3, -0.25) is 9.59 Å². The first-order valence-electron chi connectivity index (χ1n) is 24.8. The van der Waals surface area contributed by atoms with Crippen LogP contribution in [0.1, 0.15) is 251 Å². The van der Waals surface area contributed by atoms with Crippen molar-refractivity contribution >= 4 is 11.9 Å². The monoisotopic (exact) mass is 802 g/mol. The van der Waals surface area contributed by atoms with Crippen molar-refractivity contribution in [2.75, 3.05) is 13.2 Å². The third-order valence-corrected chi connectivity index (χ3v) is 11.2. The summed E-state index contributed by atoms with van der Waals surface area (Å²) in [5.41, 5.74) is 0. The van der Waals surface area contributed by atoms with Crippen LogP contribution in [0.4, 0.5) is 0 Å². The number of carbonyl (C=O) groups is 2. The van der Waals surface area contributed by atoms with Gasteiger partial charge in [0.2, 0.25) is 5.91 Å². The lowest BCUT2D eigenvalue weighted by atomic mass is 10.0. The minimum Gasteiger partial charge on any atom is -0.466 e. The van der Waals surface area contributed by atoms with Crippen molar-refractivity contribution in [1.29, 1.82) is 0 Å². The fourth-order valence-corrected chi connectivity index (χ4v) is 7.30. The number of rotatable bonds is 45. The number of aliphatic hydroxyl groups is 2.